The lowest BCUT2D eigenvalue weighted by atomic mass is 9.82. The summed E-state index contributed by atoms with van der Waals surface area (Å²) >= 11 is 0. The molecule has 0 fully saturated rings. The monoisotopic (exact) mass is 631 g/mol. The summed E-state index contributed by atoms with van der Waals surface area (Å²) in [6, 6.07) is 11.0. The van der Waals surface area contributed by atoms with Crippen LogP contribution in [0.15, 0.2) is 58.3 Å². The third-order valence-corrected chi connectivity index (χ3v) is 9.54. The first-order chi connectivity index (χ1) is 19.9. The van der Waals surface area contributed by atoms with Gasteiger partial charge in [-0.15, -0.1) is 4.57 Å². The fourth-order valence-corrected chi connectivity index (χ4v) is 5.98. The van der Waals surface area contributed by atoms with Crippen LogP contribution in [-0.2, 0) is 36.9 Å². The molecule has 0 spiro atoms. The van der Waals surface area contributed by atoms with Crippen LogP contribution < -0.4 is 14.2 Å². The Morgan fingerprint density at radius 1 is 0.907 bits per heavy atom. The molecule has 2 aromatic carbocycles. The van der Waals surface area contributed by atoms with Crippen molar-refractivity contribution in [3.05, 3.63) is 70.9 Å². The molecule has 2 heterocycles. The molecule has 0 atom stereocenters. The third-order valence-electron chi connectivity index (χ3n) is 8.39. The Balaban J connectivity index is 1.85. The van der Waals surface area contributed by atoms with E-state index in [1.807, 2.05) is 31.2 Å². The van der Waals surface area contributed by atoms with Gasteiger partial charge >= 0.3 is 5.89 Å². The van der Waals surface area contributed by atoms with Crippen molar-refractivity contribution in [1.82, 2.24) is 0 Å². The molecule has 4 rings (SSSR count). The van der Waals surface area contributed by atoms with E-state index in [-0.39, 0.29) is 22.6 Å². The molecule has 0 amide bonds. The van der Waals surface area contributed by atoms with E-state index < -0.39 is 32.0 Å². The molecular weight excluding hydrogens is 592 g/mol. The van der Waals surface area contributed by atoms with Gasteiger partial charge in [0, 0.05) is 12.1 Å². The summed E-state index contributed by atoms with van der Waals surface area (Å²) in [5.74, 6) is -1.02. The molecule has 234 valence electrons. The number of benzene rings is 2. The topological polar surface area (TPSA) is 144 Å². The Hall–Kier alpha value is -3.19. The van der Waals surface area contributed by atoms with Gasteiger partial charge in [0.2, 0.25) is 17.3 Å². The number of fused-ring (bicyclic) bond motifs is 2. The van der Waals surface area contributed by atoms with Gasteiger partial charge in [0.25, 0.3) is 5.52 Å². The molecule has 3 aromatic rings. The number of anilines is 1. The average Bonchev–Trinajstić information content (AvgIpc) is 3.42. The normalized spacial score (nSPS) is 15.8. The first-order valence-electron chi connectivity index (χ1n) is 14.2. The molecule has 0 unspecified atom stereocenters. The molecule has 1 aromatic heterocycles. The predicted molar refractivity (Wildman–Crippen MR) is 163 cm³/mol. The van der Waals surface area contributed by atoms with Crippen LogP contribution in [0.5, 0.6) is 5.75 Å². The highest BCUT2D eigenvalue weighted by Gasteiger charge is 2.31. The lowest BCUT2D eigenvalue weighted by molar-refractivity contribution is -0.658. The van der Waals surface area contributed by atoms with E-state index in [0.717, 1.165) is 24.0 Å². The minimum atomic E-state index is -4.69. The highest BCUT2D eigenvalue weighted by molar-refractivity contribution is 7.85. The predicted octanol–water partition coefficient (Wildman–Crippen LogP) is 5.63. The highest BCUT2D eigenvalue weighted by atomic mass is 32.2. The van der Waals surface area contributed by atoms with E-state index in [1.165, 1.54) is 9.47 Å². The fraction of sp³-hybridized carbons (Fsp3) is 0.452. The van der Waals surface area contributed by atoms with Crippen molar-refractivity contribution in [2.24, 2.45) is 0 Å². The number of nitrogens with zero attached hydrogens (tertiary/aromatic N) is 2. The Kier molecular flexibility index (Phi) is 8.92. The number of ether oxygens (including phenoxy) is 1. The maximum absolute atomic E-state index is 11.9. The highest BCUT2D eigenvalue weighted by Crippen LogP contribution is 2.43. The van der Waals surface area contributed by atoms with Crippen LogP contribution in [0.2, 0.25) is 0 Å². The summed E-state index contributed by atoms with van der Waals surface area (Å²) in [7, 11) is -9.38. The van der Waals surface area contributed by atoms with Crippen molar-refractivity contribution in [2.75, 3.05) is 10.8 Å². The Morgan fingerprint density at radius 3 is 2.07 bits per heavy atom. The molecule has 0 saturated heterocycles. The molecule has 0 N–H and O–H groups in total. The fourth-order valence-electron chi connectivity index (χ4n) is 4.81. The van der Waals surface area contributed by atoms with E-state index in [0.29, 0.717) is 34.5 Å². The van der Waals surface area contributed by atoms with Crippen molar-refractivity contribution in [3.8, 4) is 5.75 Å². The number of allylic oxidation sites excluding steroid dienone is 2. The van der Waals surface area contributed by atoms with E-state index >= 15 is 0 Å². The Morgan fingerprint density at radius 2 is 1.51 bits per heavy atom. The van der Waals surface area contributed by atoms with Crippen molar-refractivity contribution in [1.29, 1.82) is 0 Å². The van der Waals surface area contributed by atoms with Gasteiger partial charge in [-0.1, -0.05) is 60.6 Å². The lowest BCUT2D eigenvalue weighted by Crippen LogP contribution is -2.39. The zero-order valence-electron chi connectivity index (χ0n) is 25.6. The van der Waals surface area contributed by atoms with Gasteiger partial charge in [0.15, 0.2) is 15.9 Å². The van der Waals surface area contributed by atoms with Crippen molar-refractivity contribution in [3.63, 3.8) is 0 Å². The first kappa shape index (κ1) is 32.7. The van der Waals surface area contributed by atoms with Gasteiger partial charge in [0.1, 0.15) is 16.0 Å². The van der Waals surface area contributed by atoms with Gasteiger partial charge in [0.05, 0.1) is 11.8 Å². The SMILES string of the molecule is CCC(=Cc1oc2ccc(C(C)(C)CC)cc2[n+]1CS(=O)(=O)[O-])C=C1Oc2ccc(C(C)(C)CC)cc2N1CS(=O)(=O)[O-]. The van der Waals surface area contributed by atoms with Crippen LogP contribution >= 0.6 is 0 Å². The summed E-state index contributed by atoms with van der Waals surface area (Å²) in [6.07, 6.45) is 5.26. The lowest BCUT2D eigenvalue weighted by Gasteiger charge is -2.25. The van der Waals surface area contributed by atoms with Crippen LogP contribution in [-0.4, -0.2) is 31.8 Å². The molecule has 1 aliphatic rings. The Bertz CT molecular complexity index is 1820. The maximum atomic E-state index is 11.9. The van der Waals surface area contributed by atoms with Gasteiger partial charge in [-0.25, -0.2) is 16.8 Å². The summed E-state index contributed by atoms with van der Waals surface area (Å²) < 4.78 is 84.9. The van der Waals surface area contributed by atoms with Crippen LogP contribution in [0, 0.1) is 0 Å². The zero-order valence-corrected chi connectivity index (χ0v) is 27.3. The number of oxazole rings is 1. The molecule has 0 radical (unpaired) electrons. The number of hydrogen-bond donors (Lipinski definition) is 0. The molecule has 1 aliphatic heterocycles. The largest absolute Gasteiger partial charge is 0.747 e. The first-order valence-corrected chi connectivity index (χ1v) is 17.4. The van der Waals surface area contributed by atoms with Crippen molar-refractivity contribution < 1.29 is 39.7 Å². The second kappa shape index (κ2) is 11.7. The number of aromatic nitrogens is 1. The second-order valence-electron chi connectivity index (χ2n) is 12.2. The molecule has 0 saturated carbocycles. The van der Waals surface area contributed by atoms with Gasteiger partial charge in [-0.05, 0) is 65.0 Å². The van der Waals surface area contributed by atoms with Crippen LogP contribution in [0.1, 0.15) is 84.7 Å². The molecule has 43 heavy (non-hydrogen) atoms. The van der Waals surface area contributed by atoms with Crippen LogP contribution in [0.25, 0.3) is 17.2 Å². The molecular formula is C31H39N2O8S2-. The standard InChI is InChI=1S/C31H40N2O8S2/c1-8-21(15-28-32(19-42(34,35)36)24-17-22(30(4,5)9-2)11-13-26(24)40-28)16-29-33(20-43(37,38)39)25-18-23(31(6,7)10-3)12-14-27(25)41-29/h11-18H,8-10,19-20H2,1-7H3,(H-,34,35,36,37,38,39)/p-1. The molecule has 10 nitrogen and oxygen atoms in total. The zero-order chi connectivity index (χ0) is 32.0. The smallest absolute Gasteiger partial charge is 0.375 e. The summed E-state index contributed by atoms with van der Waals surface area (Å²) in [5, 5.41) is 0. The van der Waals surface area contributed by atoms with Crippen LogP contribution in [0.4, 0.5) is 5.69 Å². The van der Waals surface area contributed by atoms with E-state index in [4.69, 9.17) is 9.15 Å². The van der Waals surface area contributed by atoms with Crippen molar-refractivity contribution in [2.45, 2.75) is 84.4 Å². The Labute approximate surface area is 254 Å². The van der Waals surface area contributed by atoms with Gasteiger partial charge in [-0.2, -0.15) is 0 Å². The van der Waals surface area contributed by atoms with E-state index in [1.54, 1.807) is 24.3 Å². The van der Waals surface area contributed by atoms with Gasteiger partial charge < -0.3 is 18.3 Å². The average molecular weight is 632 g/mol. The van der Waals surface area contributed by atoms with Gasteiger partial charge in [-0.3, -0.25) is 4.90 Å². The summed E-state index contributed by atoms with van der Waals surface area (Å²) in [5.41, 5.74) is 3.45. The molecule has 12 heteroatoms. The molecule has 0 aliphatic carbocycles. The van der Waals surface area contributed by atoms with E-state index in [9.17, 15) is 25.9 Å². The quantitative estimate of drug-likeness (QED) is 0.194. The van der Waals surface area contributed by atoms with E-state index in [2.05, 4.69) is 41.5 Å². The maximum Gasteiger partial charge on any atom is 0.375 e. The summed E-state index contributed by atoms with van der Waals surface area (Å²) in [6.45, 7) is 14.3. The number of hydrogen-bond acceptors (Lipinski definition) is 9. The van der Waals surface area contributed by atoms with Crippen LogP contribution in [0.3, 0.4) is 0 Å². The summed E-state index contributed by atoms with van der Waals surface area (Å²) in [4.78, 5) is 1.32. The minimum absolute atomic E-state index is 0.125. The molecule has 0 bridgehead atoms. The minimum Gasteiger partial charge on any atom is -0.747 e. The third kappa shape index (κ3) is 7.31. The van der Waals surface area contributed by atoms with Crippen molar-refractivity contribution >= 4 is 43.1 Å². The number of rotatable bonds is 11. The second-order valence-corrected chi connectivity index (χ2v) is 14.9.